The van der Waals surface area contributed by atoms with Gasteiger partial charge in [-0.2, -0.15) is 0 Å². The van der Waals surface area contributed by atoms with Crippen LogP contribution in [0, 0.1) is 0 Å². The summed E-state index contributed by atoms with van der Waals surface area (Å²) in [5.74, 6) is -0.334. The fraction of sp³-hybridized carbons (Fsp3) is 0. The fourth-order valence-electron chi connectivity index (χ4n) is 1.86. The molecule has 0 saturated heterocycles. The molecule has 0 fully saturated rings. The van der Waals surface area contributed by atoms with Gasteiger partial charge in [0.15, 0.2) is 5.78 Å². The Hall–Kier alpha value is -1.93. The number of benzene rings is 2. The third kappa shape index (κ3) is 5.31. The molecule has 0 aliphatic carbocycles. The van der Waals surface area contributed by atoms with E-state index in [-0.39, 0.29) is 46.6 Å². The van der Waals surface area contributed by atoms with E-state index in [4.69, 9.17) is 5.53 Å². The first-order valence-electron chi connectivity index (χ1n) is 6.34. The number of nitrogens with zero attached hydrogens (tertiary/aromatic N) is 3. The second kappa shape index (κ2) is 8.79. The predicted molar refractivity (Wildman–Crippen MR) is 83.0 cm³/mol. The summed E-state index contributed by atoms with van der Waals surface area (Å²) in [4.78, 5) is 13.9. The van der Waals surface area contributed by atoms with Crippen molar-refractivity contribution in [2.45, 2.75) is 4.90 Å². The maximum Gasteiger partial charge on any atom is 1.00 e. The van der Waals surface area contributed by atoms with Crippen molar-refractivity contribution in [3.05, 3.63) is 76.2 Å². The molecule has 24 heavy (non-hydrogen) atoms. The topological polar surface area (TPSA) is 123 Å². The zero-order valence-electron chi connectivity index (χ0n) is 12.7. The third-order valence-electron chi connectivity index (χ3n) is 2.90. The van der Waals surface area contributed by atoms with Crippen molar-refractivity contribution in [2.75, 3.05) is 0 Å². The summed E-state index contributed by atoms with van der Waals surface area (Å²) in [6.07, 6.45) is 2.41. The number of rotatable bonds is 5. The van der Waals surface area contributed by atoms with Gasteiger partial charge in [0, 0.05) is 16.2 Å². The average molecular weight is 351 g/mol. The van der Waals surface area contributed by atoms with Crippen molar-refractivity contribution >= 4 is 27.7 Å². The van der Waals surface area contributed by atoms with E-state index in [0.29, 0.717) is 5.56 Å². The predicted octanol–water partition coefficient (Wildman–Crippen LogP) is 0.433. The number of hydrogen-bond donors (Lipinski definition) is 0. The Morgan fingerprint density at radius 1 is 1.17 bits per heavy atom. The van der Waals surface area contributed by atoms with Crippen molar-refractivity contribution in [3.8, 4) is 0 Å². The van der Waals surface area contributed by atoms with Crippen LogP contribution < -0.4 is 29.6 Å². The second-order valence-electron chi connectivity index (χ2n) is 4.43. The minimum absolute atomic E-state index is 0. The van der Waals surface area contributed by atoms with Gasteiger partial charge in [-0.3, -0.25) is 4.79 Å². The van der Waals surface area contributed by atoms with Crippen molar-refractivity contribution in [3.63, 3.8) is 0 Å². The number of carbonyl (C=O) groups excluding carboxylic acids is 1. The van der Waals surface area contributed by atoms with Crippen LogP contribution in [0.1, 0.15) is 15.9 Å². The van der Waals surface area contributed by atoms with Crippen LogP contribution in [0.4, 0.5) is 5.69 Å². The van der Waals surface area contributed by atoms with E-state index in [1.165, 1.54) is 24.3 Å². The van der Waals surface area contributed by atoms with Gasteiger partial charge in [0.2, 0.25) is 0 Å². The first-order valence-corrected chi connectivity index (χ1v) is 7.75. The van der Waals surface area contributed by atoms with Crippen LogP contribution in [0.2, 0.25) is 0 Å². The average Bonchev–Trinajstić information content (AvgIpc) is 2.53. The third-order valence-corrected chi connectivity index (χ3v) is 3.79. The number of hydrogen-bond acceptors (Lipinski definition) is 5. The van der Waals surface area contributed by atoms with Gasteiger partial charge in [0.05, 0.1) is 4.90 Å². The first-order chi connectivity index (χ1) is 10.9. The number of azide groups is 1. The zero-order valence-corrected chi connectivity index (χ0v) is 15.5. The Kier molecular flexibility index (Phi) is 7.37. The Morgan fingerprint density at radius 3 is 2.42 bits per heavy atom. The van der Waals surface area contributed by atoms with E-state index in [1.54, 1.807) is 30.3 Å². The van der Waals surface area contributed by atoms with Crippen LogP contribution in [-0.2, 0) is 10.1 Å². The standard InChI is InChI=1S/C15H11N3O4S.Na/c16-18-17-13-8-6-12(15(10-13)23(20,21)22)7-9-14(19)11-4-2-1-3-5-11;/h1-10H,(H,20,21,22);/q;+1/p-1/b9-7+;. The quantitative estimate of drug-likeness (QED) is 0.147. The molecule has 0 unspecified atom stereocenters. The van der Waals surface area contributed by atoms with Gasteiger partial charge in [-0.15, -0.1) is 0 Å². The van der Waals surface area contributed by atoms with E-state index < -0.39 is 15.0 Å². The largest absolute Gasteiger partial charge is 1.00 e. The molecule has 0 spiro atoms. The van der Waals surface area contributed by atoms with Crippen LogP contribution in [0.25, 0.3) is 16.5 Å². The van der Waals surface area contributed by atoms with Gasteiger partial charge in [-0.05, 0) is 29.3 Å². The Labute approximate surface area is 160 Å². The number of allylic oxidation sites excluding steroid dienone is 1. The normalized spacial score (nSPS) is 10.7. The van der Waals surface area contributed by atoms with E-state index in [2.05, 4.69) is 10.0 Å². The van der Waals surface area contributed by atoms with Gasteiger partial charge in [0.25, 0.3) is 0 Å². The molecule has 7 nitrogen and oxygen atoms in total. The van der Waals surface area contributed by atoms with Crippen molar-refractivity contribution in [1.82, 2.24) is 0 Å². The Bertz CT molecular complexity index is 921. The van der Waals surface area contributed by atoms with E-state index in [9.17, 15) is 17.8 Å². The summed E-state index contributed by atoms with van der Waals surface area (Å²) in [6, 6.07) is 12.0. The van der Waals surface area contributed by atoms with Crippen molar-refractivity contribution < 1.29 is 47.3 Å². The minimum atomic E-state index is -4.78. The van der Waals surface area contributed by atoms with Crippen molar-refractivity contribution in [2.24, 2.45) is 5.11 Å². The van der Waals surface area contributed by atoms with E-state index in [1.807, 2.05) is 0 Å². The van der Waals surface area contributed by atoms with Crippen molar-refractivity contribution in [1.29, 1.82) is 0 Å². The number of carbonyl (C=O) groups is 1. The van der Waals surface area contributed by atoms with Gasteiger partial charge >= 0.3 is 29.6 Å². The molecule has 9 heteroatoms. The molecule has 0 aliphatic heterocycles. The molecule has 0 saturated carbocycles. The maximum absolute atomic E-state index is 12.0. The molecule has 0 bridgehead atoms. The molecule has 0 aliphatic rings. The van der Waals surface area contributed by atoms with Crippen LogP contribution in [0.15, 0.2) is 64.6 Å². The maximum atomic E-state index is 12.0. The smallest absolute Gasteiger partial charge is 0.744 e. The monoisotopic (exact) mass is 351 g/mol. The second-order valence-corrected chi connectivity index (χ2v) is 5.78. The van der Waals surface area contributed by atoms with E-state index in [0.717, 1.165) is 6.07 Å². The van der Waals surface area contributed by atoms with Gasteiger partial charge in [0.1, 0.15) is 10.1 Å². The zero-order chi connectivity index (χ0) is 16.9. The summed E-state index contributed by atoms with van der Waals surface area (Å²) in [5, 5.41) is 3.25. The molecule has 0 amide bonds. The molecule has 0 heterocycles. The SMILES string of the molecule is [N-]=[N+]=Nc1ccc(/C=C/C(=O)c2ccccc2)c(S(=O)(=O)[O-])c1.[Na+]. The molecule has 2 rings (SSSR count). The van der Waals surface area contributed by atoms with Gasteiger partial charge < -0.3 is 4.55 Å². The van der Waals surface area contributed by atoms with E-state index >= 15 is 0 Å². The molecule has 0 atom stereocenters. The first kappa shape index (κ1) is 20.1. The molecule has 0 aromatic heterocycles. The van der Waals surface area contributed by atoms with Crippen LogP contribution in [0.3, 0.4) is 0 Å². The summed E-state index contributed by atoms with van der Waals surface area (Å²) in [5.41, 5.74) is 8.83. The van der Waals surface area contributed by atoms with Gasteiger partial charge in [-0.25, -0.2) is 8.42 Å². The van der Waals surface area contributed by atoms with Gasteiger partial charge in [-0.1, -0.05) is 47.6 Å². The molecular formula is C15H10N3NaO4S. The number of ketones is 1. The Morgan fingerprint density at radius 2 is 1.83 bits per heavy atom. The Balaban J connectivity index is 0.00000288. The summed E-state index contributed by atoms with van der Waals surface area (Å²) in [6.45, 7) is 0. The summed E-state index contributed by atoms with van der Waals surface area (Å²) < 4.78 is 33.9. The van der Waals surface area contributed by atoms with Crippen LogP contribution in [-0.4, -0.2) is 18.8 Å². The molecule has 0 N–H and O–H groups in total. The molecule has 0 radical (unpaired) electrons. The summed E-state index contributed by atoms with van der Waals surface area (Å²) in [7, 11) is -4.78. The molecule has 116 valence electrons. The van der Waals surface area contributed by atoms with Crippen LogP contribution >= 0.6 is 0 Å². The molecule has 2 aromatic rings. The van der Waals surface area contributed by atoms with Crippen LogP contribution in [0.5, 0.6) is 0 Å². The fourth-order valence-corrected chi connectivity index (χ4v) is 2.55. The minimum Gasteiger partial charge on any atom is -0.744 e. The molecular weight excluding hydrogens is 341 g/mol. The molecule has 2 aromatic carbocycles. The summed E-state index contributed by atoms with van der Waals surface area (Å²) >= 11 is 0.